The molecule has 0 saturated heterocycles. The van der Waals surface area contributed by atoms with Crippen LogP contribution in [0.15, 0.2) is 36.4 Å². The largest absolute Gasteiger partial charge is 0.494 e. The van der Waals surface area contributed by atoms with Gasteiger partial charge in [-0.3, -0.25) is 5.32 Å². The first kappa shape index (κ1) is 15.2. The lowest BCUT2D eigenvalue weighted by Gasteiger charge is -2.04. The first-order chi connectivity index (χ1) is 11.1. The van der Waals surface area contributed by atoms with Gasteiger partial charge in [0.15, 0.2) is 5.13 Å². The Morgan fingerprint density at radius 1 is 1.17 bits per heavy atom. The molecule has 2 aromatic carbocycles. The summed E-state index contributed by atoms with van der Waals surface area (Å²) in [7, 11) is 1.58. The second-order valence-corrected chi connectivity index (χ2v) is 5.87. The second kappa shape index (κ2) is 6.21. The molecule has 118 valence electrons. The number of carbonyl (C=O) groups is 1. The first-order valence-corrected chi connectivity index (χ1v) is 7.66. The summed E-state index contributed by atoms with van der Waals surface area (Å²) in [6.45, 7) is 1.97. The molecule has 0 atom stereocenters. The molecule has 5 nitrogen and oxygen atoms in total. The van der Waals surface area contributed by atoms with Crippen LogP contribution in [0.5, 0.6) is 5.75 Å². The lowest BCUT2D eigenvalue weighted by atomic mass is 10.2. The number of halogens is 1. The Morgan fingerprint density at radius 2 is 1.91 bits per heavy atom. The van der Waals surface area contributed by atoms with Gasteiger partial charge in [0.1, 0.15) is 17.1 Å². The van der Waals surface area contributed by atoms with Crippen LogP contribution in [-0.2, 0) is 0 Å². The summed E-state index contributed by atoms with van der Waals surface area (Å²) >= 11 is 1.37. The standard InChI is InChI=1S/C16H14FN3O2S/c1-9-3-8-12(22-2)13-14(9)23-16(19-13)20-15(21)18-11-6-4-10(17)5-7-11/h3-8H,1-2H3,(H2,18,19,20,21). The maximum Gasteiger partial charge on any atom is 0.325 e. The van der Waals surface area contributed by atoms with Gasteiger partial charge in [0.25, 0.3) is 0 Å². The van der Waals surface area contributed by atoms with Crippen molar-refractivity contribution >= 4 is 38.4 Å². The zero-order valence-electron chi connectivity index (χ0n) is 12.5. The van der Waals surface area contributed by atoms with Gasteiger partial charge < -0.3 is 10.1 Å². The van der Waals surface area contributed by atoms with Crippen molar-refractivity contribution in [2.45, 2.75) is 6.92 Å². The molecule has 1 heterocycles. The van der Waals surface area contributed by atoms with Crippen LogP contribution in [0.25, 0.3) is 10.2 Å². The Morgan fingerprint density at radius 3 is 2.61 bits per heavy atom. The third-order valence-electron chi connectivity index (χ3n) is 3.25. The number of hydrogen-bond acceptors (Lipinski definition) is 4. The molecule has 0 fully saturated rings. The van der Waals surface area contributed by atoms with E-state index < -0.39 is 6.03 Å². The molecule has 23 heavy (non-hydrogen) atoms. The van der Waals surface area contributed by atoms with E-state index in [9.17, 15) is 9.18 Å². The average Bonchev–Trinajstić information content (AvgIpc) is 2.94. The smallest absolute Gasteiger partial charge is 0.325 e. The number of benzene rings is 2. The fraction of sp³-hybridized carbons (Fsp3) is 0.125. The van der Waals surface area contributed by atoms with Crippen LogP contribution in [0.2, 0.25) is 0 Å². The number of nitrogens with zero attached hydrogens (tertiary/aromatic N) is 1. The van der Waals surface area contributed by atoms with Crippen LogP contribution in [-0.4, -0.2) is 18.1 Å². The number of aromatic nitrogens is 1. The molecule has 3 rings (SSSR count). The first-order valence-electron chi connectivity index (χ1n) is 6.84. The predicted octanol–water partition coefficient (Wildman–Crippen LogP) is 4.40. The van der Waals surface area contributed by atoms with Crippen molar-refractivity contribution in [2.75, 3.05) is 17.7 Å². The highest BCUT2D eigenvalue weighted by Gasteiger charge is 2.13. The topological polar surface area (TPSA) is 63.2 Å². The normalized spacial score (nSPS) is 10.6. The van der Waals surface area contributed by atoms with E-state index in [4.69, 9.17) is 4.74 Å². The summed E-state index contributed by atoms with van der Waals surface area (Å²) < 4.78 is 19.1. The maximum atomic E-state index is 12.8. The number of anilines is 2. The SMILES string of the molecule is COc1ccc(C)c2sc(NC(=O)Nc3ccc(F)cc3)nc12. The Balaban J connectivity index is 1.79. The summed E-state index contributed by atoms with van der Waals surface area (Å²) in [5, 5.41) is 5.77. The molecule has 0 radical (unpaired) electrons. The fourth-order valence-corrected chi connectivity index (χ4v) is 3.07. The molecular weight excluding hydrogens is 317 g/mol. The number of nitrogens with one attached hydrogen (secondary N) is 2. The van der Waals surface area contributed by atoms with Crippen molar-refractivity contribution in [2.24, 2.45) is 0 Å². The number of fused-ring (bicyclic) bond motifs is 1. The number of aryl methyl sites for hydroxylation is 1. The van der Waals surface area contributed by atoms with E-state index in [2.05, 4.69) is 15.6 Å². The molecule has 0 spiro atoms. The van der Waals surface area contributed by atoms with Gasteiger partial charge in [0.2, 0.25) is 0 Å². The highest BCUT2D eigenvalue weighted by molar-refractivity contribution is 7.22. The Bertz CT molecular complexity index is 862. The number of rotatable bonds is 3. The lowest BCUT2D eigenvalue weighted by molar-refractivity contribution is 0.262. The highest BCUT2D eigenvalue weighted by Crippen LogP contribution is 2.34. The molecule has 7 heteroatoms. The zero-order chi connectivity index (χ0) is 16.4. The minimum Gasteiger partial charge on any atom is -0.494 e. The van der Waals surface area contributed by atoms with Gasteiger partial charge in [-0.05, 0) is 42.8 Å². The van der Waals surface area contributed by atoms with Gasteiger partial charge in [0.05, 0.1) is 11.8 Å². The van der Waals surface area contributed by atoms with Gasteiger partial charge in [0, 0.05) is 5.69 Å². The Hall–Kier alpha value is -2.67. The van der Waals surface area contributed by atoms with Gasteiger partial charge >= 0.3 is 6.03 Å². The van der Waals surface area contributed by atoms with Crippen molar-refractivity contribution < 1.29 is 13.9 Å². The van der Waals surface area contributed by atoms with Crippen molar-refractivity contribution in [3.8, 4) is 5.75 Å². The monoisotopic (exact) mass is 331 g/mol. The van der Waals surface area contributed by atoms with E-state index in [-0.39, 0.29) is 5.82 Å². The van der Waals surface area contributed by atoms with E-state index in [0.29, 0.717) is 16.6 Å². The zero-order valence-corrected chi connectivity index (χ0v) is 13.3. The number of urea groups is 1. The Labute approximate surface area is 136 Å². The van der Waals surface area contributed by atoms with E-state index in [1.54, 1.807) is 7.11 Å². The minimum absolute atomic E-state index is 0.357. The quantitative estimate of drug-likeness (QED) is 0.748. The van der Waals surface area contributed by atoms with Gasteiger partial charge in [-0.25, -0.2) is 14.2 Å². The molecule has 0 aliphatic heterocycles. The van der Waals surface area contributed by atoms with Crippen LogP contribution in [0.4, 0.5) is 20.0 Å². The van der Waals surface area contributed by atoms with Gasteiger partial charge in [-0.2, -0.15) is 0 Å². The van der Waals surface area contributed by atoms with Crippen molar-refractivity contribution in [3.63, 3.8) is 0 Å². The number of amides is 2. The number of methoxy groups -OCH3 is 1. The number of thiazole rings is 1. The van der Waals surface area contributed by atoms with Crippen LogP contribution in [0.3, 0.4) is 0 Å². The highest BCUT2D eigenvalue weighted by atomic mass is 32.1. The maximum absolute atomic E-state index is 12.8. The third-order valence-corrected chi connectivity index (χ3v) is 4.35. The molecule has 1 aromatic heterocycles. The van der Waals surface area contributed by atoms with Crippen molar-refractivity contribution in [1.29, 1.82) is 0 Å². The number of hydrogen-bond donors (Lipinski definition) is 2. The minimum atomic E-state index is -0.438. The molecule has 2 amide bonds. The third kappa shape index (κ3) is 3.24. The van der Waals surface area contributed by atoms with Crippen molar-refractivity contribution in [1.82, 2.24) is 4.98 Å². The van der Waals surface area contributed by atoms with E-state index >= 15 is 0 Å². The fourth-order valence-electron chi connectivity index (χ4n) is 2.12. The Kier molecular flexibility index (Phi) is 4.12. The molecular formula is C16H14FN3O2S. The molecule has 0 aliphatic carbocycles. The number of ether oxygens (including phenoxy) is 1. The van der Waals surface area contributed by atoms with Gasteiger partial charge in [-0.1, -0.05) is 17.4 Å². The summed E-state index contributed by atoms with van der Waals surface area (Å²) in [5.41, 5.74) is 2.28. The summed E-state index contributed by atoms with van der Waals surface area (Å²) in [5.74, 6) is 0.304. The second-order valence-electron chi connectivity index (χ2n) is 4.87. The molecule has 2 N–H and O–H groups in total. The molecule has 0 saturated carbocycles. The average molecular weight is 331 g/mol. The van der Waals surface area contributed by atoms with Gasteiger partial charge in [-0.15, -0.1) is 0 Å². The molecule has 0 aliphatic rings. The summed E-state index contributed by atoms with van der Waals surface area (Å²) in [6, 6.07) is 8.89. The van der Waals surface area contributed by atoms with Crippen LogP contribution >= 0.6 is 11.3 Å². The van der Waals surface area contributed by atoms with Crippen LogP contribution in [0.1, 0.15) is 5.56 Å². The molecule has 3 aromatic rings. The van der Waals surface area contributed by atoms with E-state index in [1.807, 2.05) is 19.1 Å². The van der Waals surface area contributed by atoms with E-state index in [1.165, 1.54) is 35.6 Å². The lowest BCUT2D eigenvalue weighted by Crippen LogP contribution is -2.19. The van der Waals surface area contributed by atoms with Crippen LogP contribution in [0, 0.1) is 12.7 Å². The predicted molar refractivity (Wildman–Crippen MR) is 90.0 cm³/mol. The number of carbonyl (C=O) groups excluding carboxylic acids is 1. The van der Waals surface area contributed by atoms with Crippen molar-refractivity contribution in [3.05, 3.63) is 47.8 Å². The summed E-state index contributed by atoms with van der Waals surface area (Å²) in [6.07, 6.45) is 0. The molecule has 0 unspecified atom stereocenters. The van der Waals surface area contributed by atoms with E-state index in [0.717, 1.165) is 15.8 Å². The summed E-state index contributed by atoms with van der Waals surface area (Å²) in [4.78, 5) is 16.4. The van der Waals surface area contributed by atoms with Crippen LogP contribution < -0.4 is 15.4 Å². The molecule has 0 bridgehead atoms.